The highest BCUT2D eigenvalue weighted by atomic mass is 16.6. The van der Waals surface area contributed by atoms with Gasteiger partial charge in [-0.25, -0.2) is 0 Å². The Bertz CT molecular complexity index is 1330. The fourth-order valence-corrected chi connectivity index (χ4v) is 7.72. The van der Waals surface area contributed by atoms with Crippen LogP contribution in [-0.2, 0) is 20.7 Å². The van der Waals surface area contributed by atoms with Gasteiger partial charge in [-0.1, -0.05) is 61.9 Å². The first kappa shape index (κ1) is 24.4. The second-order valence-electron chi connectivity index (χ2n) is 12.0. The van der Waals surface area contributed by atoms with Gasteiger partial charge in [-0.3, -0.25) is 9.59 Å². The zero-order valence-corrected chi connectivity index (χ0v) is 22.3. The van der Waals surface area contributed by atoms with Crippen LogP contribution in [0.2, 0.25) is 0 Å². The second kappa shape index (κ2) is 8.83. The van der Waals surface area contributed by atoms with E-state index in [0.29, 0.717) is 12.3 Å². The summed E-state index contributed by atoms with van der Waals surface area (Å²) in [5.74, 6) is -0.164. The van der Waals surface area contributed by atoms with Gasteiger partial charge in [-0.2, -0.15) is 0 Å². The van der Waals surface area contributed by atoms with Crippen LogP contribution in [0.25, 0.3) is 10.9 Å². The maximum absolute atomic E-state index is 14.2. The van der Waals surface area contributed by atoms with Gasteiger partial charge in [-0.05, 0) is 69.1 Å². The average Bonchev–Trinajstić information content (AvgIpc) is 3.27. The smallest absolute Gasteiger partial charge is 0.235 e. The van der Waals surface area contributed by atoms with Crippen LogP contribution < -0.4 is 5.32 Å². The molecule has 2 N–H and O–H groups in total. The molecule has 194 valence electrons. The number of hydrogen-bond acceptors (Lipinski definition) is 3. The van der Waals surface area contributed by atoms with E-state index in [1.807, 2.05) is 24.4 Å². The van der Waals surface area contributed by atoms with Crippen molar-refractivity contribution in [1.29, 1.82) is 0 Å². The first-order valence-corrected chi connectivity index (χ1v) is 13.9. The Morgan fingerprint density at radius 3 is 2.78 bits per heavy atom. The number of nitrogens with one attached hydrogen (secondary N) is 2. The summed E-state index contributed by atoms with van der Waals surface area (Å²) in [7, 11) is 0. The SMILES string of the molecule is C/C1=C/[C@@H](C)C/C=C\[C@H]2[C@@H]3O[C@]3(C)[C@@H](C)[C@H]3[C@H](Cc4c[nH]c5ccccc45)NC(=O)[C@]32C(=O)/C=C\CC1. The quantitative estimate of drug-likeness (QED) is 0.318. The number of epoxide rings is 1. The third-order valence-electron chi connectivity index (χ3n) is 9.75. The third kappa shape index (κ3) is 3.69. The second-order valence-corrected chi connectivity index (χ2v) is 12.0. The summed E-state index contributed by atoms with van der Waals surface area (Å²) < 4.78 is 6.40. The maximum atomic E-state index is 14.2. The van der Waals surface area contributed by atoms with Crippen molar-refractivity contribution in [2.45, 2.75) is 71.1 Å². The molecule has 5 nitrogen and oxygen atoms in total. The minimum atomic E-state index is -1.15. The Morgan fingerprint density at radius 2 is 1.95 bits per heavy atom. The van der Waals surface area contributed by atoms with Gasteiger partial charge in [0.05, 0.1) is 11.7 Å². The monoisotopic (exact) mass is 498 g/mol. The molecule has 2 saturated heterocycles. The number of rotatable bonds is 2. The molecule has 3 fully saturated rings. The zero-order valence-electron chi connectivity index (χ0n) is 22.3. The highest BCUT2D eigenvalue weighted by Crippen LogP contribution is 2.66. The van der Waals surface area contributed by atoms with Crippen LogP contribution >= 0.6 is 0 Å². The molecule has 5 heteroatoms. The summed E-state index contributed by atoms with van der Waals surface area (Å²) in [4.78, 5) is 31.7. The molecule has 8 atom stereocenters. The lowest BCUT2D eigenvalue weighted by molar-refractivity contribution is -0.145. The number of para-hydroxylation sites is 1. The molecule has 2 aliphatic heterocycles. The number of carbonyl (C=O) groups excluding carboxylic acids is 2. The van der Waals surface area contributed by atoms with Gasteiger partial charge in [0, 0.05) is 35.0 Å². The topological polar surface area (TPSA) is 74.5 Å². The molecule has 1 aromatic heterocycles. The third-order valence-corrected chi connectivity index (χ3v) is 9.75. The van der Waals surface area contributed by atoms with E-state index >= 15 is 0 Å². The van der Waals surface area contributed by atoms with Gasteiger partial charge in [0.25, 0.3) is 0 Å². The molecule has 6 rings (SSSR count). The molecule has 0 bridgehead atoms. The van der Waals surface area contributed by atoms with Crippen molar-refractivity contribution in [2.75, 3.05) is 0 Å². The van der Waals surface area contributed by atoms with Crippen LogP contribution in [0.1, 0.15) is 52.5 Å². The fourth-order valence-electron chi connectivity index (χ4n) is 7.72. The Labute approximate surface area is 219 Å². The van der Waals surface area contributed by atoms with Crippen molar-refractivity contribution in [2.24, 2.45) is 29.1 Å². The summed E-state index contributed by atoms with van der Waals surface area (Å²) in [6.07, 6.45) is 15.6. The van der Waals surface area contributed by atoms with Crippen LogP contribution in [0.15, 0.2) is 66.4 Å². The minimum Gasteiger partial charge on any atom is -0.365 e. The van der Waals surface area contributed by atoms with E-state index in [9.17, 15) is 9.59 Å². The molecule has 1 amide bonds. The van der Waals surface area contributed by atoms with Crippen molar-refractivity contribution >= 4 is 22.6 Å². The molecular formula is C32H38N2O3. The maximum Gasteiger partial charge on any atom is 0.235 e. The number of amides is 1. The van der Waals surface area contributed by atoms with Crippen LogP contribution in [0, 0.1) is 29.1 Å². The van der Waals surface area contributed by atoms with Gasteiger partial charge in [0.2, 0.25) is 5.91 Å². The number of benzene rings is 1. The number of aromatic amines is 1. The fraction of sp³-hybridized carbons (Fsp3) is 0.500. The average molecular weight is 499 g/mol. The Kier molecular flexibility index (Phi) is 5.83. The standard InChI is InChI=1S/C32H38N2O3/c1-19-10-5-8-15-27(35)32-24(13-9-11-20(2)16-19)29-31(4,37-29)21(3)28(32)26(34-30(32)36)17-22-18-33-25-14-7-6-12-23(22)25/h6-9,12-16,18,20-21,24,26,28-29,33H,5,10-11,17H2,1-4H3,(H,34,36)/b13-9-,15-8-,19-16-/t20-,21-,24-,26-,28-,29-,31+,32+/m0/s1. The van der Waals surface area contributed by atoms with Crippen LogP contribution in [0.3, 0.4) is 0 Å². The number of H-pyrrole nitrogens is 1. The van der Waals surface area contributed by atoms with Gasteiger partial charge < -0.3 is 15.0 Å². The molecule has 3 heterocycles. The minimum absolute atomic E-state index is 0.0622. The van der Waals surface area contributed by atoms with E-state index in [-0.39, 0.29) is 47.2 Å². The predicted molar refractivity (Wildman–Crippen MR) is 146 cm³/mol. The number of fused-ring (bicyclic) bond motifs is 3. The number of allylic oxidation sites excluding steroid dienone is 5. The number of carbonyl (C=O) groups is 2. The molecule has 4 aliphatic rings. The largest absolute Gasteiger partial charge is 0.365 e. The van der Waals surface area contributed by atoms with Crippen molar-refractivity contribution in [3.63, 3.8) is 0 Å². The number of hydrogen-bond donors (Lipinski definition) is 2. The Balaban J connectivity index is 1.44. The van der Waals surface area contributed by atoms with Crippen LogP contribution in [0.4, 0.5) is 0 Å². The van der Waals surface area contributed by atoms with Gasteiger partial charge in [0.15, 0.2) is 5.78 Å². The van der Waals surface area contributed by atoms with E-state index in [4.69, 9.17) is 4.74 Å². The van der Waals surface area contributed by atoms with E-state index in [2.05, 4.69) is 68.4 Å². The summed E-state index contributed by atoms with van der Waals surface area (Å²) in [6.45, 7) is 8.74. The number of ether oxygens (including phenoxy) is 1. The van der Waals surface area contributed by atoms with Gasteiger partial charge in [0.1, 0.15) is 5.41 Å². The molecule has 0 unspecified atom stereocenters. The van der Waals surface area contributed by atoms with Crippen molar-refractivity contribution < 1.29 is 14.3 Å². The summed E-state index contributed by atoms with van der Waals surface area (Å²) >= 11 is 0. The van der Waals surface area contributed by atoms with E-state index < -0.39 is 5.41 Å². The summed E-state index contributed by atoms with van der Waals surface area (Å²) in [6, 6.07) is 8.12. The number of ketones is 1. The summed E-state index contributed by atoms with van der Waals surface area (Å²) in [5.41, 5.74) is 2.13. The van der Waals surface area contributed by atoms with Crippen molar-refractivity contribution in [1.82, 2.24) is 10.3 Å². The predicted octanol–water partition coefficient (Wildman–Crippen LogP) is 5.68. The molecule has 0 radical (unpaired) electrons. The van der Waals surface area contributed by atoms with E-state index in [1.165, 1.54) is 16.5 Å². The Morgan fingerprint density at radius 1 is 1.14 bits per heavy atom. The lowest BCUT2D eigenvalue weighted by Crippen LogP contribution is -2.57. The van der Waals surface area contributed by atoms with Crippen LogP contribution in [0.5, 0.6) is 0 Å². The molecule has 2 aromatic rings. The Hall–Kier alpha value is -2.92. The lowest BCUT2D eigenvalue weighted by Gasteiger charge is -2.45. The molecule has 37 heavy (non-hydrogen) atoms. The lowest BCUT2D eigenvalue weighted by atomic mass is 9.51. The molecule has 1 spiro atoms. The molecule has 1 saturated carbocycles. The van der Waals surface area contributed by atoms with Crippen molar-refractivity contribution in [3.05, 3.63) is 72.0 Å². The first-order chi connectivity index (χ1) is 17.8. The summed E-state index contributed by atoms with van der Waals surface area (Å²) in [5, 5.41) is 4.51. The van der Waals surface area contributed by atoms with E-state index in [1.54, 1.807) is 6.08 Å². The van der Waals surface area contributed by atoms with Crippen molar-refractivity contribution in [3.8, 4) is 0 Å². The number of aromatic nitrogens is 1. The molecule has 2 aliphatic carbocycles. The highest BCUT2D eigenvalue weighted by Gasteiger charge is 2.78. The molecule has 1 aromatic carbocycles. The first-order valence-electron chi connectivity index (χ1n) is 13.9. The zero-order chi connectivity index (χ0) is 25.9. The van der Waals surface area contributed by atoms with Gasteiger partial charge in [-0.15, -0.1) is 0 Å². The van der Waals surface area contributed by atoms with Crippen LogP contribution in [-0.4, -0.2) is 34.4 Å². The molecular weight excluding hydrogens is 460 g/mol. The van der Waals surface area contributed by atoms with E-state index in [0.717, 1.165) is 24.8 Å². The highest BCUT2D eigenvalue weighted by molar-refractivity contribution is 6.13. The van der Waals surface area contributed by atoms with Gasteiger partial charge >= 0.3 is 0 Å². The normalized spacial score (nSPS) is 42.6.